The van der Waals surface area contributed by atoms with Crippen molar-refractivity contribution >= 4 is 5.91 Å². The summed E-state index contributed by atoms with van der Waals surface area (Å²) in [5, 5.41) is 3.32. The molecule has 1 aliphatic carbocycles. The van der Waals surface area contributed by atoms with Gasteiger partial charge in [0.1, 0.15) is 0 Å². The lowest BCUT2D eigenvalue weighted by atomic mass is 9.93. The van der Waals surface area contributed by atoms with Crippen molar-refractivity contribution in [2.24, 2.45) is 11.7 Å². The zero-order valence-corrected chi connectivity index (χ0v) is 14.5. The summed E-state index contributed by atoms with van der Waals surface area (Å²) in [5.74, 6) is 0.717. The van der Waals surface area contributed by atoms with Crippen molar-refractivity contribution in [2.45, 2.75) is 77.8 Å². The SMILES string of the molecule is CCCN(CCCCC(C)(NC(C)C)C(N)=O)CC1CC1. The molecule has 0 bridgehead atoms. The van der Waals surface area contributed by atoms with Gasteiger partial charge in [0.2, 0.25) is 5.91 Å². The Kier molecular flexibility index (Phi) is 7.67. The largest absolute Gasteiger partial charge is 0.368 e. The maximum atomic E-state index is 11.7. The third-order valence-corrected chi connectivity index (χ3v) is 4.31. The summed E-state index contributed by atoms with van der Waals surface area (Å²) in [6, 6.07) is 0.272. The maximum Gasteiger partial charge on any atom is 0.237 e. The quantitative estimate of drug-likeness (QED) is 0.544. The summed E-state index contributed by atoms with van der Waals surface area (Å²) in [7, 11) is 0. The van der Waals surface area contributed by atoms with E-state index in [1.807, 2.05) is 6.92 Å². The zero-order valence-electron chi connectivity index (χ0n) is 14.5. The molecule has 21 heavy (non-hydrogen) atoms. The summed E-state index contributed by atoms with van der Waals surface area (Å²) in [4.78, 5) is 14.3. The van der Waals surface area contributed by atoms with Crippen LogP contribution in [0.15, 0.2) is 0 Å². The van der Waals surface area contributed by atoms with Crippen molar-refractivity contribution in [3.8, 4) is 0 Å². The molecular weight excluding hydrogens is 262 g/mol. The topological polar surface area (TPSA) is 58.4 Å². The lowest BCUT2D eigenvalue weighted by Gasteiger charge is -2.30. The number of hydrogen-bond donors (Lipinski definition) is 2. The minimum atomic E-state index is -0.569. The van der Waals surface area contributed by atoms with Crippen LogP contribution >= 0.6 is 0 Å². The van der Waals surface area contributed by atoms with Crippen LogP contribution in [0.2, 0.25) is 0 Å². The number of nitrogens with one attached hydrogen (secondary N) is 1. The van der Waals surface area contributed by atoms with Crippen LogP contribution in [-0.4, -0.2) is 42.0 Å². The van der Waals surface area contributed by atoms with Crippen LogP contribution in [0.5, 0.6) is 0 Å². The summed E-state index contributed by atoms with van der Waals surface area (Å²) in [6.45, 7) is 11.9. The molecule has 0 aliphatic heterocycles. The molecule has 0 heterocycles. The molecule has 1 atom stereocenters. The van der Waals surface area contributed by atoms with Crippen molar-refractivity contribution in [1.29, 1.82) is 0 Å². The van der Waals surface area contributed by atoms with Crippen LogP contribution in [0.25, 0.3) is 0 Å². The molecule has 1 fully saturated rings. The first-order valence-electron chi connectivity index (χ1n) is 8.67. The van der Waals surface area contributed by atoms with E-state index in [-0.39, 0.29) is 11.9 Å². The van der Waals surface area contributed by atoms with Crippen LogP contribution in [0, 0.1) is 5.92 Å². The maximum absolute atomic E-state index is 11.7. The fourth-order valence-corrected chi connectivity index (χ4v) is 2.99. The van der Waals surface area contributed by atoms with Crippen LogP contribution in [-0.2, 0) is 4.79 Å². The van der Waals surface area contributed by atoms with Gasteiger partial charge in [0.05, 0.1) is 5.54 Å². The molecule has 3 N–H and O–H groups in total. The van der Waals surface area contributed by atoms with Gasteiger partial charge in [-0.25, -0.2) is 0 Å². The number of nitrogens with two attached hydrogens (primary N) is 1. The fraction of sp³-hybridized carbons (Fsp3) is 0.941. The second-order valence-corrected chi connectivity index (χ2v) is 7.20. The molecule has 0 aromatic rings. The predicted molar refractivity (Wildman–Crippen MR) is 89.2 cm³/mol. The van der Waals surface area contributed by atoms with E-state index < -0.39 is 5.54 Å². The monoisotopic (exact) mass is 297 g/mol. The van der Waals surface area contributed by atoms with E-state index in [9.17, 15) is 4.79 Å². The number of primary amides is 1. The first-order chi connectivity index (χ1) is 9.87. The number of unbranched alkanes of at least 4 members (excludes halogenated alkanes) is 1. The highest BCUT2D eigenvalue weighted by molar-refractivity contribution is 5.84. The Morgan fingerprint density at radius 3 is 2.48 bits per heavy atom. The second-order valence-electron chi connectivity index (χ2n) is 7.20. The first-order valence-corrected chi connectivity index (χ1v) is 8.67. The Morgan fingerprint density at radius 1 is 1.33 bits per heavy atom. The van der Waals surface area contributed by atoms with Gasteiger partial charge in [-0.1, -0.05) is 6.92 Å². The molecule has 1 amide bonds. The molecule has 0 aromatic carbocycles. The Bertz CT molecular complexity index is 315. The summed E-state index contributed by atoms with van der Waals surface area (Å²) in [5.41, 5.74) is 5.00. The van der Waals surface area contributed by atoms with Crippen molar-refractivity contribution in [3.63, 3.8) is 0 Å². The number of amides is 1. The fourth-order valence-electron chi connectivity index (χ4n) is 2.99. The third kappa shape index (κ3) is 7.28. The number of rotatable bonds is 12. The molecule has 1 saturated carbocycles. The molecule has 124 valence electrons. The standard InChI is InChI=1S/C17H35N3O/c1-5-11-20(13-15-8-9-15)12-7-6-10-17(4,16(18)21)19-14(2)3/h14-15,19H,5-13H2,1-4H3,(H2,18,21). The van der Waals surface area contributed by atoms with Crippen molar-refractivity contribution in [2.75, 3.05) is 19.6 Å². The van der Waals surface area contributed by atoms with E-state index in [0.29, 0.717) is 0 Å². The van der Waals surface area contributed by atoms with Crippen LogP contribution in [0.1, 0.15) is 66.2 Å². The van der Waals surface area contributed by atoms with Gasteiger partial charge in [-0.05, 0) is 78.3 Å². The number of hydrogen-bond acceptors (Lipinski definition) is 3. The van der Waals surface area contributed by atoms with E-state index in [4.69, 9.17) is 5.73 Å². The smallest absolute Gasteiger partial charge is 0.237 e. The van der Waals surface area contributed by atoms with Crippen molar-refractivity contribution in [3.05, 3.63) is 0 Å². The molecule has 0 saturated heterocycles. The van der Waals surface area contributed by atoms with Gasteiger partial charge in [0.15, 0.2) is 0 Å². The Hall–Kier alpha value is -0.610. The summed E-state index contributed by atoms with van der Waals surface area (Å²) in [6.07, 6.45) is 7.07. The van der Waals surface area contributed by atoms with E-state index in [0.717, 1.165) is 31.7 Å². The highest BCUT2D eigenvalue weighted by Crippen LogP contribution is 2.29. The molecule has 0 radical (unpaired) electrons. The van der Waals surface area contributed by atoms with Crippen molar-refractivity contribution < 1.29 is 4.79 Å². The number of nitrogens with zero attached hydrogens (tertiary/aromatic N) is 1. The van der Waals surface area contributed by atoms with Gasteiger partial charge < -0.3 is 16.0 Å². The van der Waals surface area contributed by atoms with Gasteiger partial charge >= 0.3 is 0 Å². The van der Waals surface area contributed by atoms with E-state index >= 15 is 0 Å². The Morgan fingerprint density at radius 2 is 2.00 bits per heavy atom. The average molecular weight is 297 g/mol. The minimum Gasteiger partial charge on any atom is -0.368 e. The molecule has 1 rings (SSSR count). The molecule has 0 aromatic heterocycles. The molecule has 4 heteroatoms. The Balaban J connectivity index is 2.29. The highest BCUT2D eigenvalue weighted by Gasteiger charge is 2.30. The molecule has 1 aliphatic rings. The van der Waals surface area contributed by atoms with Crippen LogP contribution in [0.4, 0.5) is 0 Å². The lowest BCUT2D eigenvalue weighted by Crippen LogP contribution is -2.55. The summed E-state index contributed by atoms with van der Waals surface area (Å²) >= 11 is 0. The zero-order chi connectivity index (χ0) is 15.9. The molecule has 1 unspecified atom stereocenters. The van der Waals surface area contributed by atoms with Gasteiger partial charge in [-0.15, -0.1) is 0 Å². The van der Waals surface area contributed by atoms with E-state index in [1.54, 1.807) is 0 Å². The van der Waals surface area contributed by atoms with Crippen LogP contribution in [0.3, 0.4) is 0 Å². The lowest BCUT2D eigenvalue weighted by molar-refractivity contribution is -0.124. The normalized spacial score (nSPS) is 18.2. The van der Waals surface area contributed by atoms with E-state index in [2.05, 4.69) is 31.0 Å². The van der Waals surface area contributed by atoms with Gasteiger partial charge in [-0.2, -0.15) is 0 Å². The van der Waals surface area contributed by atoms with Gasteiger partial charge in [0, 0.05) is 12.6 Å². The Labute approximate surface area is 130 Å². The second kappa shape index (κ2) is 8.74. The number of carbonyl (C=O) groups is 1. The highest BCUT2D eigenvalue weighted by atomic mass is 16.1. The van der Waals surface area contributed by atoms with Gasteiger partial charge in [0.25, 0.3) is 0 Å². The molecule has 0 spiro atoms. The van der Waals surface area contributed by atoms with Crippen LogP contribution < -0.4 is 11.1 Å². The van der Waals surface area contributed by atoms with E-state index in [1.165, 1.54) is 32.4 Å². The summed E-state index contributed by atoms with van der Waals surface area (Å²) < 4.78 is 0. The van der Waals surface area contributed by atoms with Gasteiger partial charge in [-0.3, -0.25) is 4.79 Å². The minimum absolute atomic E-state index is 0.236. The molecule has 4 nitrogen and oxygen atoms in total. The van der Waals surface area contributed by atoms with Crippen molar-refractivity contribution in [1.82, 2.24) is 10.2 Å². The molecular formula is C17H35N3O. The first kappa shape index (κ1) is 18.4. The third-order valence-electron chi connectivity index (χ3n) is 4.31. The predicted octanol–water partition coefficient (Wildman–Crippen LogP) is 2.52. The number of carbonyl (C=O) groups excluding carboxylic acids is 1. The average Bonchev–Trinajstić information content (AvgIpc) is 3.17.